The Kier molecular flexibility index (Phi) is 10.2. The Morgan fingerprint density at radius 2 is 1.17 bits per heavy atom. The highest BCUT2D eigenvalue weighted by Gasteiger charge is 2.90. The number of hydrogen-bond acceptors (Lipinski definition) is 4. The van der Waals surface area contributed by atoms with Crippen LogP contribution in [-0.4, -0.2) is 54.1 Å². The summed E-state index contributed by atoms with van der Waals surface area (Å²) in [5, 5.41) is 0. The molecule has 2 aromatic carbocycles. The Hall–Kier alpha value is -2.85. The zero-order chi connectivity index (χ0) is 31.5. The average molecular weight is 634 g/mol. The van der Waals surface area contributed by atoms with Gasteiger partial charge in [-0.05, 0) is 55.0 Å². The molecule has 0 amide bonds. The van der Waals surface area contributed by atoms with Crippen LogP contribution >= 0.6 is 11.8 Å². The highest BCUT2D eigenvalue weighted by Crippen LogP contribution is 2.60. The van der Waals surface area contributed by atoms with E-state index in [-0.39, 0.29) is 16.2 Å². The van der Waals surface area contributed by atoms with Gasteiger partial charge in [0.15, 0.2) is 0 Å². The lowest BCUT2D eigenvalue weighted by atomic mass is 9.93. The maximum atomic E-state index is 13.9. The molecular formula is C24H19F13O3S. The number of hydrogen-bond donors (Lipinski definition) is 0. The number of carbonyl (C=O) groups excluding carboxylic acids is 1. The molecule has 3 nitrogen and oxygen atoms in total. The van der Waals surface area contributed by atoms with Crippen molar-refractivity contribution in [2.24, 2.45) is 0 Å². The number of alkyl halides is 13. The van der Waals surface area contributed by atoms with Crippen LogP contribution in [0.25, 0.3) is 0 Å². The van der Waals surface area contributed by atoms with Crippen LogP contribution in [0.1, 0.15) is 30.1 Å². The highest BCUT2D eigenvalue weighted by atomic mass is 32.2. The summed E-state index contributed by atoms with van der Waals surface area (Å²) in [4.78, 5) is 12.2. The second-order valence-electron chi connectivity index (χ2n) is 8.33. The smallest absolute Gasteiger partial charge is 0.460 e. The monoisotopic (exact) mass is 634 g/mol. The number of carbonyl (C=O) groups is 1. The van der Waals surface area contributed by atoms with E-state index < -0.39 is 53.9 Å². The maximum Gasteiger partial charge on any atom is 0.460 e. The molecule has 230 valence electrons. The van der Waals surface area contributed by atoms with E-state index in [9.17, 15) is 61.9 Å². The molecule has 0 unspecified atom stereocenters. The molecule has 0 aliphatic rings. The standard InChI is InChI=1S/C24H19F13O3S/c1-2-12-39-15-5-3-14(4-6-15)18(38)40-16-7-9-17(10-8-16)41-13-11-19(25,26)20(27,28)21(29,30)22(31,32)23(33,34)24(35,36)37/h3-10H,2,11-13H2,1H3. The molecule has 41 heavy (non-hydrogen) atoms. The minimum absolute atomic E-state index is 0.00189. The van der Waals surface area contributed by atoms with Crippen LogP contribution in [0.5, 0.6) is 11.5 Å². The van der Waals surface area contributed by atoms with Crippen molar-refractivity contribution in [2.45, 2.75) is 60.4 Å². The summed E-state index contributed by atoms with van der Waals surface area (Å²) < 4.78 is 182. The van der Waals surface area contributed by atoms with Gasteiger partial charge in [-0.2, -0.15) is 57.1 Å². The number of benzene rings is 2. The predicted octanol–water partition coefficient (Wildman–Crippen LogP) is 8.92. The van der Waals surface area contributed by atoms with E-state index in [2.05, 4.69) is 0 Å². The van der Waals surface area contributed by atoms with E-state index in [4.69, 9.17) is 9.47 Å². The normalized spacial score (nSPS) is 13.7. The van der Waals surface area contributed by atoms with Crippen LogP contribution in [0.4, 0.5) is 57.1 Å². The molecule has 0 aliphatic carbocycles. The van der Waals surface area contributed by atoms with Gasteiger partial charge in [0.2, 0.25) is 0 Å². The van der Waals surface area contributed by atoms with Gasteiger partial charge >= 0.3 is 41.8 Å². The molecule has 17 heteroatoms. The van der Waals surface area contributed by atoms with Crippen LogP contribution in [0, 0.1) is 0 Å². The van der Waals surface area contributed by atoms with Crippen molar-refractivity contribution in [3.05, 3.63) is 54.1 Å². The zero-order valence-electron chi connectivity index (χ0n) is 20.5. The van der Waals surface area contributed by atoms with E-state index >= 15 is 0 Å². The molecule has 0 aromatic heterocycles. The molecule has 2 rings (SSSR count). The fraction of sp³-hybridized carbons (Fsp3) is 0.458. The summed E-state index contributed by atoms with van der Waals surface area (Å²) in [5.41, 5.74) is 0.130. The molecule has 0 spiro atoms. The van der Waals surface area contributed by atoms with Gasteiger partial charge in [-0.1, -0.05) is 6.92 Å². The van der Waals surface area contributed by atoms with Crippen molar-refractivity contribution in [1.82, 2.24) is 0 Å². The SMILES string of the molecule is CCCOc1ccc(C(=O)Oc2ccc(SCCC(F)(F)C(F)(F)C(F)(F)C(F)(F)C(F)(F)C(F)(F)F)cc2)cc1. The van der Waals surface area contributed by atoms with E-state index in [1.165, 1.54) is 24.3 Å². The van der Waals surface area contributed by atoms with Crippen molar-refractivity contribution < 1.29 is 71.3 Å². The lowest BCUT2D eigenvalue weighted by Crippen LogP contribution is -2.70. The third-order valence-corrected chi connectivity index (χ3v) is 6.29. The molecule has 0 radical (unpaired) electrons. The summed E-state index contributed by atoms with van der Waals surface area (Å²) >= 11 is 0.295. The molecule has 0 saturated carbocycles. The second kappa shape index (κ2) is 12.2. The molecule has 2 aromatic rings. The first kappa shape index (κ1) is 34.4. The van der Waals surface area contributed by atoms with Crippen molar-refractivity contribution in [3.8, 4) is 11.5 Å². The van der Waals surface area contributed by atoms with Gasteiger partial charge in [-0.15, -0.1) is 11.8 Å². The van der Waals surface area contributed by atoms with Crippen molar-refractivity contribution in [3.63, 3.8) is 0 Å². The van der Waals surface area contributed by atoms with E-state index in [0.717, 1.165) is 30.7 Å². The van der Waals surface area contributed by atoms with E-state index in [0.29, 0.717) is 24.1 Å². The molecular weight excluding hydrogens is 615 g/mol. The highest BCUT2D eigenvalue weighted by molar-refractivity contribution is 7.99. The van der Waals surface area contributed by atoms with Gasteiger partial charge in [0.05, 0.1) is 12.2 Å². The van der Waals surface area contributed by atoms with Crippen molar-refractivity contribution in [1.29, 1.82) is 0 Å². The number of thioether (sulfide) groups is 1. The van der Waals surface area contributed by atoms with Gasteiger partial charge in [0, 0.05) is 17.1 Å². The largest absolute Gasteiger partial charge is 0.494 e. The summed E-state index contributed by atoms with van der Waals surface area (Å²) in [5.74, 6) is -38.5. The van der Waals surface area contributed by atoms with Gasteiger partial charge < -0.3 is 9.47 Å². The van der Waals surface area contributed by atoms with Crippen molar-refractivity contribution >= 4 is 17.7 Å². The molecule has 0 heterocycles. The van der Waals surface area contributed by atoms with Crippen LogP contribution in [0.2, 0.25) is 0 Å². The first-order chi connectivity index (χ1) is 18.6. The fourth-order valence-corrected chi connectivity index (χ4v) is 3.86. The quantitative estimate of drug-likeness (QED) is 0.0955. The minimum Gasteiger partial charge on any atom is -0.494 e. The first-order valence-electron chi connectivity index (χ1n) is 11.3. The molecule has 0 aliphatic heterocycles. The topological polar surface area (TPSA) is 35.5 Å². The Balaban J connectivity index is 2.03. The summed E-state index contributed by atoms with van der Waals surface area (Å²) in [7, 11) is 0. The number of halogens is 13. The molecule has 0 atom stereocenters. The third kappa shape index (κ3) is 6.97. The number of rotatable bonds is 13. The molecule has 0 fully saturated rings. The van der Waals surface area contributed by atoms with Crippen LogP contribution in [0.3, 0.4) is 0 Å². The van der Waals surface area contributed by atoms with Crippen LogP contribution in [-0.2, 0) is 0 Å². The molecule has 0 bridgehead atoms. The molecule has 0 N–H and O–H groups in total. The number of esters is 1. The van der Waals surface area contributed by atoms with Crippen molar-refractivity contribution in [2.75, 3.05) is 12.4 Å². The number of ether oxygens (including phenoxy) is 2. The summed E-state index contributed by atoms with van der Waals surface area (Å²) in [6.07, 6.45) is -9.01. The minimum atomic E-state index is -7.92. The Morgan fingerprint density at radius 3 is 1.66 bits per heavy atom. The van der Waals surface area contributed by atoms with Gasteiger partial charge in [-0.25, -0.2) is 4.79 Å². The predicted molar refractivity (Wildman–Crippen MR) is 120 cm³/mol. The maximum absolute atomic E-state index is 13.9. The summed E-state index contributed by atoms with van der Waals surface area (Å²) in [6, 6.07) is 10.4. The van der Waals surface area contributed by atoms with Crippen LogP contribution in [0.15, 0.2) is 53.4 Å². The van der Waals surface area contributed by atoms with Gasteiger partial charge in [0.1, 0.15) is 11.5 Å². The fourth-order valence-electron chi connectivity index (χ4n) is 2.93. The van der Waals surface area contributed by atoms with Crippen LogP contribution < -0.4 is 9.47 Å². The van der Waals surface area contributed by atoms with Gasteiger partial charge in [-0.3, -0.25) is 0 Å². The summed E-state index contributed by atoms with van der Waals surface area (Å²) in [6.45, 7) is 2.35. The molecule has 0 saturated heterocycles. The zero-order valence-corrected chi connectivity index (χ0v) is 21.3. The lowest BCUT2D eigenvalue weighted by Gasteiger charge is -2.39. The Bertz CT molecular complexity index is 1160. The van der Waals surface area contributed by atoms with E-state index in [1.807, 2.05) is 6.92 Å². The Labute approximate surface area is 228 Å². The lowest BCUT2D eigenvalue weighted by molar-refractivity contribution is -0.439. The van der Waals surface area contributed by atoms with Gasteiger partial charge in [0.25, 0.3) is 0 Å². The Morgan fingerprint density at radius 1 is 0.683 bits per heavy atom. The first-order valence-corrected chi connectivity index (χ1v) is 12.2. The second-order valence-corrected chi connectivity index (χ2v) is 9.50. The average Bonchev–Trinajstić information content (AvgIpc) is 2.87. The van der Waals surface area contributed by atoms with E-state index in [1.54, 1.807) is 0 Å². The third-order valence-electron chi connectivity index (χ3n) is 5.28.